The lowest BCUT2D eigenvalue weighted by Crippen LogP contribution is -2.06. The Kier molecular flexibility index (Phi) is 2.44. The normalized spacial score (nSPS) is 25.3. The summed E-state index contributed by atoms with van der Waals surface area (Å²) in [7, 11) is 0. The summed E-state index contributed by atoms with van der Waals surface area (Å²) in [5.74, 6) is 0.372. The standard InChI is InChI=1S/C12H14N2/c1-9-3-5-11(6-4-9)12-13-7-10(2)8-14-12/h3-8,10,12H,1-2H3. The third kappa shape index (κ3) is 1.90. The van der Waals surface area contributed by atoms with Crippen LogP contribution < -0.4 is 0 Å². The van der Waals surface area contributed by atoms with E-state index >= 15 is 0 Å². The number of nitrogens with zero attached hydrogens (tertiary/aromatic N) is 2. The highest BCUT2D eigenvalue weighted by atomic mass is 15.0. The number of hydrogen-bond acceptors (Lipinski definition) is 2. The molecule has 1 aliphatic rings. The predicted molar refractivity (Wildman–Crippen MR) is 60.1 cm³/mol. The van der Waals surface area contributed by atoms with E-state index in [2.05, 4.69) is 48.1 Å². The second-order valence-corrected chi connectivity index (χ2v) is 3.74. The van der Waals surface area contributed by atoms with Gasteiger partial charge in [-0.05, 0) is 12.5 Å². The highest BCUT2D eigenvalue weighted by Crippen LogP contribution is 2.21. The smallest absolute Gasteiger partial charge is 0.164 e. The van der Waals surface area contributed by atoms with Crippen molar-refractivity contribution in [2.24, 2.45) is 15.9 Å². The van der Waals surface area contributed by atoms with Crippen molar-refractivity contribution in [2.75, 3.05) is 0 Å². The first kappa shape index (κ1) is 9.13. The van der Waals surface area contributed by atoms with Crippen LogP contribution in [0.1, 0.15) is 24.2 Å². The summed E-state index contributed by atoms with van der Waals surface area (Å²) in [4.78, 5) is 8.77. The molecule has 1 aromatic rings. The highest BCUT2D eigenvalue weighted by molar-refractivity contribution is 5.84. The Labute approximate surface area is 84.4 Å². The topological polar surface area (TPSA) is 24.7 Å². The van der Waals surface area contributed by atoms with E-state index in [9.17, 15) is 0 Å². The minimum atomic E-state index is -0.0215. The van der Waals surface area contributed by atoms with Crippen molar-refractivity contribution >= 4 is 12.4 Å². The Morgan fingerprint density at radius 1 is 1.00 bits per heavy atom. The summed E-state index contributed by atoms with van der Waals surface area (Å²) < 4.78 is 0. The van der Waals surface area contributed by atoms with Crippen LogP contribution in [0.4, 0.5) is 0 Å². The maximum absolute atomic E-state index is 4.39. The number of aliphatic imine (C=N–C) groups is 2. The molecule has 0 fully saturated rings. The van der Waals surface area contributed by atoms with Crippen molar-refractivity contribution in [3.63, 3.8) is 0 Å². The molecular formula is C12H14N2. The van der Waals surface area contributed by atoms with Crippen molar-refractivity contribution in [3.05, 3.63) is 35.4 Å². The molecule has 0 saturated heterocycles. The molecule has 0 aliphatic carbocycles. The lowest BCUT2D eigenvalue weighted by molar-refractivity contribution is 0.757. The van der Waals surface area contributed by atoms with Crippen LogP contribution in [0.15, 0.2) is 34.3 Å². The average Bonchev–Trinajstić information content (AvgIpc) is 2.21. The van der Waals surface area contributed by atoms with Gasteiger partial charge in [0, 0.05) is 18.3 Å². The quantitative estimate of drug-likeness (QED) is 0.644. The van der Waals surface area contributed by atoms with E-state index in [1.165, 1.54) is 5.56 Å². The van der Waals surface area contributed by atoms with Gasteiger partial charge in [0.25, 0.3) is 0 Å². The van der Waals surface area contributed by atoms with Gasteiger partial charge in [-0.25, -0.2) is 0 Å². The third-order valence-corrected chi connectivity index (χ3v) is 2.30. The van der Waals surface area contributed by atoms with Gasteiger partial charge >= 0.3 is 0 Å². The van der Waals surface area contributed by atoms with E-state index in [1.54, 1.807) is 0 Å². The summed E-state index contributed by atoms with van der Waals surface area (Å²) in [5, 5.41) is 0. The van der Waals surface area contributed by atoms with Crippen LogP contribution in [0.3, 0.4) is 0 Å². The van der Waals surface area contributed by atoms with Crippen LogP contribution in [0.25, 0.3) is 0 Å². The van der Waals surface area contributed by atoms with Gasteiger partial charge in [0.15, 0.2) is 6.17 Å². The first-order chi connectivity index (χ1) is 6.75. The Morgan fingerprint density at radius 3 is 2.14 bits per heavy atom. The van der Waals surface area contributed by atoms with Crippen LogP contribution in [0.2, 0.25) is 0 Å². The fourth-order valence-corrected chi connectivity index (χ4v) is 1.42. The van der Waals surface area contributed by atoms with Crippen molar-refractivity contribution in [1.29, 1.82) is 0 Å². The second kappa shape index (κ2) is 3.74. The first-order valence-electron chi connectivity index (χ1n) is 4.89. The Balaban J connectivity index is 2.20. The van der Waals surface area contributed by atoms with Gasteiger partial charge in [-0.15, -0.1) is 0 Å². The van der Waals surface area contributed by atoms with E-state index in [-0.39, 0.29) is 6.17 Å². The number of rotatable bonds is 1. The molecule has 14 heavy (non-hydrogen) atoms. The van der Waals surface area contributed by atoms with Crippen LogP contribution >= 0.6 is 0 Å². The first-order valence-corrected chi connectivity index (χ1v) is 4.89. The Bertz CT molecular complexity index is 348. The summed E-state index contributed by atoms with van der Waals surface area (Å²) >= 11 is 0. The molecular weight excluding hydrogens is 172 g/mol. The minimum Gasteiger partial charge on any atom is -0.265 e. The lowest BCUT2D eigenvalue weighted by Gasteiger charge is -2.13. The lowest BCUT2D eigenvalue weighted by atomic mass is 10.1. The van der Waals surface area contributed by atoms with Gasteiger partial charge in [0.1, 0.15) is 0 Å². The van der Waals surface area contributed by atoms with E-state index in [0.717, 1.165) is 5.56 Å². The van der Waals surface area contributed by atoms with Crippen LogP contribution in [-0.2, 0) is 0 Å². The second-order valence-electron chi connectivity index (χ2n) is 3.74. The fourth-order valence-electron chi connectivity index (χ4n) is 1.42. The summed E-state index contributed by atoms with van der Waals surface area (Å²) in [6.07, 6.45) is 3.89. The maximum atomic E-state index is 4.39. The van der Waals surface area contributed by atoms with E-state index in [1.807, 2.05) is 12.4 Å². The molecule has 1 aliphatic heterocycles. The molecule has 72 valence electrons. The molecule has 0 spiro atoms. The molecule has 0 radical (unpaired) electrons. The molecule has 0 saturated carbocycles. The Morgan fingerprint density at radius 2 is 1.57 bits per heavy atom. The number of aryl methyl sites for hydroxylation is 1. The van der Waals surface area contributed by atoms with Crippen molar-refractivity contribution in [3.8, 4) is 0 Å². The third-order valence-electron chi connectivity index (χ3n) is 2.30. The maximum Gasteiger partial charge on any atom is 0.164 e. The number of hydrogen-bond donors (Lipinski definition) is 0. The van der Waals surface area contributed by atoms with Gasteiger partial charge in [-0.3, -0.25) is 9.98 Å². The molecule has 0 bridgehead atoms. The fraction of sp³-hybridized carbons (Fsp3) is 0.333. The molecule has 0 unspecified atom stereocenters. The summed E-state index contributed by atoms with van der Waals surface area (Å²) in [5.41, 5.74) is 2.43. The van der Waals surface area contributed by atoms with Crippen LogP contribution in [0, 0.1) is 12.8 Å². The largest absolute Gasteiger partial charge is 0.265 e. The van der Waals surface area contributed by atoms with Gasteiger partial charge < -0.3 is 0 Å². The van der Waals surface area contributed by atoms with Crippen molar-refractivity contribution < 1.29 is 0 Å². The van der Waals surface area contributed by atoms with E-state index in [0.29, 0.717) is 5.92 Å². The molecule has 0 amide bonds. The number of benzene rings is 1. The van der Waals surface area contributed by atoms with E-state index < -0.39 is 0 Å². The van der Waals surface area contributed by atoms with Gasteiger partial charge in [0.05, 0.1) is 0 Å². The van der Waals surface area contributed by atoms with Gasteiger partial charge in [-0.2, -0.15) is 0 Å². The zero-order valence-corrected chi connectivity index (χ0v) is 8.51. The van der Waals surface area contributed by atoms with Gasteiger partial charge in [0.2, 0.25) is 0 Å². The van der Waals surface area contributed by atoms with Crippen molar-refractivity contribution in [1.82, 2.24) is 0 Å². The average molecular weight is 186 g/mol. The highest BCUT2D eigenvalue weighted by Gasteiger charge is 2.10. The monoisotopic (exact) mass is 186 g/mol. The zero-order valence-electron chi connectivity index (χ0n) is 8.51. The zero-order chi connectivity index (χ0) is 9.97. The molecule has 2 nitrogen and oxygen atoms in total. The van der Waals surface area contributed by atoms with Crippen molar-refractivity contribution in [2.45, 2.75) is 20.0 Å². The Hall–Kier alpha value is -1.44. The molecule has 0 aromatic heterocycles. The van der Waals surface area contributed by atoms with E-state index in [4.69, 9.17) is 0 Å². The summed E-state index contributed by atoms with van der Waals surface area (Å²) in [6, 6.07) is 8.37. The molecule has 1 heterocycles. The molecule has 2 rings (SSSR count). The van der Waals surface area contributed by atoms with Gasteiger partial charge in [-0.1, -0.05) is 36.8 Å². The van der Waals surface area contributed by atoms with Crippen LogP contribution in [-0.4, -0.2) is 12.4 Å². The van der Waals surface area contributed by atoms with Crippen LogP contribution in [0.5, 0.6) is 0 Å². The SMILES string of the molecule is Cc1ccc(C2N=CC(C)C=N2)cc1. The predicted octanol–water partition coefficient (Wildman–Crippen LogP) is 2.78. The molecule has 1 aromatic carbocycles. The molecule has 2 heteroatoms. The minimum absolute atomic E-state index is 0.0215. The molecule has 0 N–H and O–H groups in total. The molecule has 0 atom stereocenters. The summed E-state index contributed by atoms with van der Waals surface area (Å²) in [6.45, 7) is 4.16.